The molecule has 1 amide bonds. The summed E-state index contributed by atoms with van der Waals surface area (Å²) < 4.78 is 5.39. The van der Waals surface area contributed by atoms with E-state index in [4.69, 9.17) is 10.5 Å². The van der Waals surface area contributed by atoms with Gasteiger partial charge in [0.25, 0.3) is 0 Å². The van der Waals surface area contributed by atoms with Gasteiger partial charge in [-0.05, 0) is 88.9 Å². The SMILES string of the molecule is CC(C)(C)OC(=O)NC(CN)CC12CC3CC(CC(C3)C1)C2. The molecule has 22 heavy (non-hydrogen) atoms. The number of hydrogen-bond acceptors (Lipinski definition) is 3. The highest BCUT2D eigenvalue weighted by Gasteiger charge is 2.51. The largest absolute Gasteiger partial charge is 0.444 e. The maximum absolute atomic E-state index is 12.0. The van der Waals surface area contributed by atoms with Gasteiger partial charge in [-0.15, -0.1) is 0 Å². The minimum atomic E-state index is -0.454. The highest BCUT2D eigenvalue weighted by atomic mass is 16.6. The second-order valence-corrected chi connectivity index (χ2v) is 9.20. The molecule has 0 spiro atoms. The average molecular weight is 308 g/mol. The van der Waals surface area contributed by atoms with Crippen molar-refractivity contribution < 1.29 is 9.53 Å². The maximum atomic E-state index is 12.0. The van der Waals surface area contributed by atoms with Crippen LogP contribution in [0, 0.1) is 23.2 Å². The monoisotopic (exact) mass is 308 g/mol. The second kappa shape index (κ2) is 5.70. The molecule has 3 N–H and O–H groups in total. The van der Waals surface area contributed by atoms with Crippen molar-refractivity contribution in [3.05, 3.63) is 0 Å². The van der Waals surface area contributed by atoms with Crippen molar-refractivity contribution in [3.63, 3.8) is 0 Å². The molecule has 4 heteroatoms. The molecule has 0 saturated heterocycles. The number of carbonyl (C=O) groups excluding carboxylic acids is 1. The van der Waals surface area contributed by atoms with Gasteiger partial charge in [-0.2, -0.15) is 0 Å². The van der Waals surface area contributed by atoms with Gasteiger partial charge in [-0.1, -0.05) is 0 Å². The summed E-state index contributed by atoms with van der Waals surface area (Å²) in [6, 6.07) is 0.0473. The van der Waals surface area contributed by atoms with E-state index >= 15 is 0 Å². The highest BCUT2D eigenvalue weighted by Crippen LogP contribution is 2.61. The summed E-state index contributed by atoms with van der Waals surface area (Å²) in [4.78, 5) is 12.0. The summed E-state index contributed by atoms with van der Waals surface area (Å²) in [6.45, 7) is 6.18. The van der Waals surface area contributed by atoms with E-state index in [9.17, 15) is 4.79 Å². The van der Waals surface area contributed by atoms with Gasteiger partial charge >= 0.3 is 6.09 Å². The summed E-state index contributed by atoms with van der Waals surface area (Å²) in [6.07, 6.45) is 9.12. The average Bonchev–Trinajstić information content (AvgIpc) is 2.33. The van der Waals surface area contributed by atoms with Gasteiger partial charge in [-0.3, -0.25) is 0 Å². The quantitative estimate of drug-likeness (QED) is 0.836. The van der Waals surface area contributed by atoms with E-state index in [1.807, 2.05) is 20.8 Å². The van der Waals surface area contributed by atoms with Gasteiger partial charge in [0.2, 0.25) is 0 Å². The van der Waals surface area contributed by atoms with Crippen molar-refractivity contribution in [2.45, 2.75) is 77.4 Å². The van der Waals surface area contributed by atoms with Crippen LogP contribution in [0.4, 0.5) is 4.79 Å². The smallest absolute Gasteiger partial charge is 0.407 e. The normalized spacial score (nSPS) is 37.9. The minimum Gasteiger partial charge on any atom is -0.444 e. The molecule has 1 atom stereocenters. The number of nitrogens with two attached hydrogens (primary N) is 1. The van der Waals surface area contributed by atoms with Gasteiger partial charge in [0.05, 0.1) is 0 Å². The van der Waals surface area contributed by atoms with E-state index < -0.39 is 5.60 Å². The molecule has 4 fully saturated rings. The van der Waals surface area contributed by atoms with Crippen LogP contribution in [0.2, 0.25) is 0 Å². The Kier molecular flexibility index (Phi) is 4.17. The van der Waals surface area contributed by atoms with Crippen molar-refractivity contribution in [1.82, 2.24) is 5.32 Å². The summed E-state index contributed by atoms with van der Waals surface area (Å²) >= 11 is 0. The third-order valence-corrected chi connectivity index (χ3v) is 5.85. The molecule has 0 radical (unpaired) electrons. The van der Waals surface area contributed by atoms with Crippen LogP contribution in [0.25, 0.3) is 0 Å². The number of amides is 1. The molecule has 4 aliphatic carbocycles. The fourth-order valence-electron chi connectivity index (χ4n) is 5.73. The summed E-state index contributed by atoms with van der Waals surface area (Å²) in [5.74, 6) is 2.81. The lowest BCUT2D eigenvalue weighted by Gasteiger charge is -2.57. The second-order valence-electron chi connectivity index (χ2n) is 9.20. The van der Waals surface area contributed by atoms with Gasteiger partial charge in [0, 0.05) is 12.6 Å². The summed E-state index contributed by atoms with van der Waals surface area (Å²) in [5.41, 5.74) is 5.93. The molecule has 0 aromatic carbocycles. The number of rotatable bonds is 4. The Morgan fingerprint density at radius 2 is 1.68 bits per heavy atom. The standard InChI is InChI=1S/C18H32N2O2/c1-17(2,3)22-16(21)20-15(11-19)10-18-7-12-4-13(8-18)6-14(5-12)9-18/h12-15H,4-11,19H2,1-3H3,(H,20,21). The first-order chi connectivity index (χ1) is 10.3. The number of carbonyl (C=O) groups is 1. The van der Waals surface area contributed by atoms with Crippen molar-refractivity contribution in [2.24, 2.45) is 28.9 Å². The molecular formula is C18H32N2O2. The van der Waals surface area contributed by atoms with Gasteiger partial charge in [0.1, 0.15) is 5.60 Å². The molecule has 4 saturated carbocycles. The Bertz CT molecular complexity index is 392. The summed E-state index contributed by atoms with van der Waals surface area (Å²) in [5, 5.41) is 3.01. The van der Waals surface area contributed by atoms with Crippen molar-refractivity contribution >= 4 is 6.09 Å². The fraction of sp³-hybridized carbons (Fsp3) is 0.944. The molecule has 126 valence electrons. The predicted octanol–water partition coefficient (Wildman–Crippen LogP) is 3.44. The van der Waals surface area contributed by atoms with E-state index in [2.05, 4.69) is 5.32 Å². The molecule has 0 aromatic heterocycles. The Morgan fingerprint density at radius 3 is 2.09 bits per heavy atom. The van der Waals surface area contributed by atoms with Gasteiger partial charge < -0.3 is 15.8 Å². The Morgan fingerprint density at radius 1 is 1.18 bits per heavy atom. The lowest BCUT2D eigenvalue weighted by atomic mass is 9.48. The molecule has 4 bridgehead atoms. The fourth-order valence-corrected chi connectivity index (χ4v) is 5.73. The first-order valence-corrected chi connectivity index (χ1v) is 8.96. The van der Waals surface area contributed by atoms with Crippen LogP contribution in [0.5, 0.6) is 0 Å². The number of alkyl carbamates (subject to hydrolysis) is 1. The molecule has 4 rings (SSSR count). The third-order valence-electron chi connectivity index (χ3n) is 5.85. The van der Waals surface area contributed by atoms with E-state index in [0.29, 0.717) is 12.0 Å². The number of hydrogen-bond donors (Lipinski definition) is 2. The Labute approximate surface area is 134 Å². The van der Waals surface area contributed by atoms with E-state index in [0.717, 1.165) is 24.2 Å². The lowest BCUT2D eigenvalue weighted by Crippen LogP contribution is -2.51. The van der Waals surface area contributed by atoms with Crippen LogP contribution in [-0.4, -0.2) is 24.3 Å². The van der Waals surface area contributed by atoms with Gasteiger partial charge in [0.15, 0.2) is 0 Å². The minimum absolute atomic E-state index is 0.0473. The zero-order valence-corrected chi connectivity index (χ0v) is 14.4. The summed E-state index contributed by atoms with van der Waals surface area (Å²) in [7, 11) is 0. The van der Waals surface area contributed by atoms with Crippen molar-refractivity contribution in [2.75, 3.05) is 6.54 Å². The van der Waals surface area contributed by atoms with Crippen LogP contribution in [0.1, 0.15) is 65.7 Å². The topological polar surface area (TPSA) is 64.3 Å². The van der Waals surface area contributed by atoms with Crippen LogP contribution in [0.3, 0.4) is 0 Å². The zero-order chi connectivity index (χ0) is 16.0. The molecule has 1 unspecified atom stereocenters. The Balaban J connectivity index is 1.60. The third kappa shape index (κ3) is 3.58. The zero-order valence-electron chi connectivity index (χ0n) is 14.4. The van der Waals surface area contributed by atoms with E-state index in [-0.39, 0.29) is 12.1 Å². The lowest BCUT2D eigenvalue weighted by molar-refractivity contribution is -0.0617. The van der Waals surface area contributed by atoms with Crippen LogP contribution in [-0.2, 0) is 4.74 Å². The molecule has 4 aliphatic rings. The maximum Gasteiger partial charge on any atom is 0.407 e. The first-order valence-electron chi connectivity index (χ1n) is 8.96. The predicted molar refractivity (Wildman–Crippen MR) is 87.4 cm³/mol. The first kappa shape index (κ1) is 16.1. The van der Waals surface area contributed by atoms with Crippen LogP contribution in [0.15, 0.2) is 0 Å². The molecule has 0 heterocycles. The van der Waals surface area contributed by atoms with Crippen molar-refractivity contribution in [1.29, 1.82) is 0 Å². The van der Waals surface area contributed by atoms with E-state index in [1.54, 1.807) is 0 Å². The van der Waals surface area contributed by atoms with Crippen LogP contribution < -0.4 is 11.1 Å². The Hall–Kier alpha value is -0.770. The molecule has 0 aliphatic heterocycles. The number of nitrogens with one attached hydrogen (secondary N) is 1. The highest BCUT2D eigenvalue weighted by molar-refractivity contribution is 5.68. The van der Waals surface area contributed by atoms with Crippen molar-refractivity contribution in [3.8, 4) is 0 Å². The molecule has 0 aromatic rings. The van der Waals surface area contributed by atoms with Gasteiger partial charge in [-0.25, -0.2) is 4.79 Å². The molecular weight excluding hydrogens is 276 g/mol. The molecule has 4 nitrogen and oxygen atoms in total. The number of ether oxygens (including phenoxy) is 1. The van der Waals surface area contributed by atoms with Crippen LogP contribution >= 0.6 is 0 Å². The van der Waals surface area contributed by atoms with E-state index in [1.165, 1.54) is 38.5 Å².